The molecule has 0 spiro atoms. The number of imidazole rings is 1. The summed E-state index contributed by atoms with van der Waals surface area (Å²) in [4.78, 5) is 4.43. The van der Waals surface area contributed by atoms with E-state index in [1.165, 1.54) is 22.0 Å². The SMILES string of the molecule is Ic1ccc(Cn2ccnc2CNC2CC2)cc1. The Balaban J connectivity index is 1.67. The fraction of sp³-hybridized carbons (Fsp3) is 0.357. The second-order valence-corrected chi connectivity index (χ2v) is 6.00. The van der Waals surface area contributed by atoms with Gasteiger partial charge in [-0.15, -0.1) is 0 Å². The maximum atomic E-state index is 4.43. The molecule has 0 atom stereocenters. The Morgan fingerprint density at radius 3 is 2.78 bits per heavy atom. The topological polar surface area (TPSA) is 29.9 Å². The molecule has 1 N–H and O–H groups in total. The maximum Gasteiger partial charge on any atom is 0.122 e. The van der Waals surface area contributed by atoms with E-state index in [9.17, 15) is 0 Å². The minimum absolute atomic E-state index is 0.730. The quantitative estimate of drug-likeness (QED) is 0.838. The molecule has 0 amide bonds. The summed E-state index contributed by atoms with van der Waals surface area (Å²) >= 11 is 2.33. The van der Waals surface area contributed by atoms with Crippen LogP contribution in [0.2, 0.25) is 0 Å². The van der Waals surface area contributed by atoms with Crippen LogP contribution in [0.15, 0.2) is 36.7 Å². The maximum absolute atomic E-state index is 4.43. The summed E-state index contributed by atoms with van der Waals surface area (Å²) in [5, 5.41) is 3.51. The molecule has 0 aliphatic heterocycles. The summed E-state index contributed by atoms with van der Waals surface area (Å²) in [5.74, 6) is 1.13. The van der Waals surface area contributed by atoms with Crippen molar-refractivity contribution >= 4 is 22.6 Å². The molecule has 3 nitrogen and oxygen atoms in total. The van der Waals surface area contributed by atoms with Gasteiger partial charge in [0.2, 0.25) is 0 Å². The molecule has 1 aromatic carbocycles. The van der Waals surface area contributed by atoms with Crippen molar-refractivity contribution in [3.05, 3.63) is 51.6 Å². The molecule has 3 rings (SSSR count). The number of nitrogens with zero attached hydrogens (tertiary/aromatic N) is 2. The van der Waals surface area contributed by atoms with Gasteiger partial charge in [0.25, 0.3) is 0 Å². The first-order valence-electron chi connectivity index (χ1n) is 6.29. The van der Waals surface area contributed by atoms with Crippen LogP contribution in [0.1, 0.15) is 24.2 Å². The number of hydrogen-bond donors (Lipinski definition) is 1. The monoisotopic (exact) mass is 353 g/mol. The Morgan fingerprint density at radius 2 is 2.06 bits per heavy atom. The summed E-state index contributed by atoms with van der Waals surface area (Å²) in [6, 6.07) is 9.39. The molecular weight excluding hydrogens is 337 g/mol. The third kappa shape index (κ3) is 3.11. The van der Waals surface area contributed by atoms with Crippen molar-refractivity contribution in [2.75, 3.05) is 0 Å². The van der Waals surface area contributed by atoms with E-state index in [2.05, 4.69) is 67.9 Å². The first kappa shape index (κ1) is 12.2. The molecule has 1 aliphatic carbocycles. The molecular formula is C14H16IN3. The normalized spacial score (nSPS) is 14.9. The minimum atomic E-state index is 0.730. The second kappa shape index (κ2) is 5.40. The van der Waals surface area contributed by atoms with Crippen LogP contribution >= 0.6 is 22.6 Å². The Kier molecular flexibility index (Phi) is 3.65. The van der Waals surface area contributed by atoms with Gasteiger partial charge in [-0.3, -0.25) is 0 Å². The Bertz CT molecular complexity index is 514. The van der Waals surface area contributed by atoms with Crippen molar-refractivity contribution in [3.8, 4) is 0 Å². The van der Waals surface area contributed by atoms with Gasteiger partial charge in [0.15, 0.2) is 0 Å². The summed E-state index contributed by atoms with van der Waals surface area (Å²) in [5.41, 5.74) is 1.32. The zero-order valence-electron chi connectivity index (χ0n) is 10.1. The molecule has 2 aromatic rings. The van der Waals surface area contributed by atoms with Crippen LogP contribution in [0, 0.1) is 3.57 Å². The molecule has 1 aliphatic rings. The molecule has 0 unspecified atom stereocenters. The molecule has 0 radical (unpaired) electrons. The number of aromatic nitrogens is 2. The number of rotatable bonds is 5. The molecule has 94 valence electrons. The predicted molar refractivity (Wildman–Crippen MR) is 80.3 cm³/mol. The smallest absolute Gasteiger partial charge is 0.122 e. The van der Waals surface area contributed by atoms with E-state index in [1.807, 2.05) is 6.20 Å². The largest absolute Gasteiger partial charge is 0.329 e. The van der Waals surface area contributed by atoms with Gasteiger partial charge in [0, 0.05) is 28.6 Å². The lowest BCUT2D eigenvalue weighted by molar-refractivity contribution is 0.618. The third-order valence-electron chi connectivity index (χ3n) is 3.19. The lowest BCUT2D eigenvalue weighted by Gasteiger charge is -2.08. The van der Waals surface area contributed by atoms with E-state index in [0.29, 0.717) is 0 Å². The zero-order chi connectivity index (χ0) is 12.4. The Hall–Kier alpha value is -0.880. The summed E-state index contributed by atoms with van der Waals surface area (Å²) in [6.45, 7) is 1.78. The number of halogens is 1. The molecule has 1 aromatic heterocycles. The standard InChI is InChI=1S/C14H16IN3/c15-12-3-1-11(2-4-12)10-18-8-7-16-14(18)9-17-13-5-6-13/h1-4,7-8,13,17H,5-6,9-10H2. The van der Waals surface area contributed by atoms with Gasteiger partial charge in [0.05, 0.1) is 6.54 Å². The van der Waals surface area contributed by atoms with Gasteiger partial charge in [-0.05, 0) is 53.1 Å². The van der Waals surface area contributed by atoms with E-state index < -0.39 is 0 Å². The van der Waals surface area contributed by atoms with Crippen molar-refractivity contribution in [1.82, 2.24) is 14.9 Å². The number of hydrogen-bond acceptors (Lipinski definition) is 2. The minimum Gasteiger partial charge on any atom is -0.329 e. The molecule has 0 bridgehead atoms. The lowest BCUT2D eigenvalue weighted by Crippen LogP contribution is -2.19. The third-order valence-corrected chi connectivity index (χ3v) is 3.91. The van der Waals surface area contributed by atoms with Gasteiger partial charge >= 0.3 is 0 Å². The molecule has 1 saturated carbocycles. The Labute approximate surface area is 121 Å². The van der Waals surface area contributed by atoms with Gasteiger partial charge in [0.1, 0.15) is 5.82 Å². The molecule has 1 heterocycles. The van der Waals surface area contributed by atoms with Crippen molar-refractivity contribution in [2.45, 2.75) is 32.0 Å². The lowest BCUT2D eigenvalue weighted by atomic mass is 10.2. The van der Waals surface area contributed by atoms with Crippen LogP contribution in [0.5, 0.6) is 0 Å². The Morgan fingerprint density at radius 1 is 1.28 bits per heavy atom. The summed E-state index contributed by atoms with van der Waals surface area (Å²) in [6.07, 6.45) is 6.58. The van der Waals surface area contributed by atoms with Crippen molar-refractivity contribution < 1.29 is 0 Å². The van der Waals surface area contributed by atoms with E-state index in [0.717, 1.165) is 25.0 Å². The fourth-order valence-electron chi connectivity index (χ4n) is 1.96. The summed E-state index contributed by atoms with van der Waals surface area (Å²) < 4.78 is 3.50. The second-order valence-electron chi connectivity index (χ2n) is 4.75. The molecule has 4 heteroatoms. The highest BCUT2D eigenvalue weighted by Gasteiger charge is 2.20. The van der Waals surface area contributed by atoms with Crippen LogP contribution in [0.25, 0.3) is 0 Å². The summed E-state index contributed by atoms with van der Waals surface area (Å²) in [7, 11) is 0. The van der Waals surface area contributed by atoms with Crippen molar-refractivity contribution in [2.24, 2.45) is 0 Å². The van der Waals surface area contributed by atoms with Gasteiger partial charge < -0.3 is 9.88 Å². The van der Waals surface area contributed by atoms with E-state index >= 15 is 0 Å². The van der Waals surface area contributed by atoms with Crippen LogP contribution in [-0.4, -0.2) is 15.6 Å². The van der Waals surface area contributed by atoms with E-state index in [-0.39, 0.29) is 0 Å². The zero-order valence-corrected chi connectivity index (χ0v) is 12.3. The predicted octanol–water partition coefficient (Wildman–Crippen LogP) is 2.79. The van der Waals surface area contributed by atoms with Crippen LogP contribution in [0.4, 0.5) is 0 Å². The highest BCUT2D eigenvalue weighted by Crippen LogP contribution is 2.19. The molecule has 18 heavy (non-hydrogen) atoms. The van der Waals surface area contributed by atoms with Crippen LogP contribution in [-0.2, 0) is 13.1 Å². The van der Waals surface area contributed by atoms with Crippen molar-refractivity contribution in [1.29, 1.82) is 0 Å². The first-order chi connectivity index (χ1) is 8.81. The average Bonchev–Trinajstić information content (AvgIpc) is 3.11. The number of nitrogens with one attached hydrogen (secondary N) is 1. The highest BCUT2D eigenvalue weighted by atomic mass is 127. The van der Waals surface area contributed by atoms with Gasteiger partial charge in [-0.2, -0.15) is 0 Å². The van der Waals surface area contributed by atoms with E-state index in [1.54, 1.807) is 0 Å². The molecule has 0 saturated heterocycles. The van der Waals surface area contributed by atoms with Crippen LogP contribution in [0.3, 0.4) is 0 Å². The first-order valence-corrected chi connectivity index (χ1v) is 7.37. The van der Waals surface area contributed by atoms with E-state index in [4.69, 9.17) is 0 Å². The number of benzene rings is 1. The van der Waals surface area contributed by atoms with Gasteiger partial charge in [-0.1, -0.05) is 12.1 Å². The van der Waals surface area contributed by atoms with Crippen LogP contribution < -0.4 is 5.32 Å². The van der Waals surface area contributed by atoms with Gasteiger partial charge in [-0.25, -0.2) is 4.98 Å². The molecule has 1 fully saturated rings. The fourth-order valence-corrected chi connectivity index (χ4v) is 2.32. The highest BCUT2D eigenvalue weighted by molar-refractivity contribution is 14.1. The average molecular weight is 353 g/mol. The van der Waals surface area contributed by atoms with Crippen molar-refractivity contribution in [3.63, 3.8) is 0 Å².